The Kier molecular flexibility index (Phi) is 5.58. The van der Waals surface area contributed by atoms with Crippen molar-refractivity contribution in [1.29, 1.82) is 0 Å². The van der Waals surface area contributed by atoms with Crippen LogP contribution in [0.15, 0.2) is 9.95 Å². The van der Waals surface area contributed by atoms with E-state index in [4.69, 9.17) is 4.98 Å². The van der Waals surface area contributed by atoms with Crippen molar-refractivity contribution in [3.8, 4) is 0 Å². The average molecular weight is 420 g/mol. The predicted molar refractivity (Wildman–Crippen MR) is 116 cm³/mol. The van der Waals surface area contributed by atoms with Crippen molar-refractivity contribution in [3.63, 3.8) is 0 Å². The minimum Gasteiger partial charge on any atom is -0.336 e. The van der Waals surface area contributed by atoms with Crippen LogP contribution in [0.25, 0.3) is 10.2 Å². The summed E-state index contributed by atoms with van der Waals surface area (Å²) in [6.07, 6.45) is 7.70. The predicted octanol–water partition coefficient (Wildman–Crippen LogP) is 4.14. The number of likely N-dealkylation sites (tertiary alicyclic amines) is 1. The number of hydrogen-bond donors (Lipinski definition) is 0. The van der Waals surface area contributed by atoms with Gasteiger partial charge in [-0.05, 0) is 71.3 Å². The highest BCUT2D eigenvalue weighted by Gasteiger charge is 2.33. The van der Waals surface area contributed by atoms with Gasteiger partial charge in [0.25, 0.3) is 5.56 Å². The fraction of sp³-hybridized carbons (Fsp3) is 0.667. The van der Waals surface area contributed by atoms with Gasteiger partial charge in [0.1, 0.15) is 4.83 Å². The van der Waals surface area contributed by atoms with Crippen LogP contribution in [0.2, 0.25) is 0 Å². The molecular weight excluding hydrogens is 390 g/mol. The molecule has 0 unspecified atom stereocenters. The molecular formula is C21H29N3O2S2. The van der Waals surface area contributed by atoms with E-state index in [-0.39, 0.29) is 28.8 Å². The average Bonchev–Trinajstić information content (AvgIpc) is 3.03. The molecule has 5 nitrogen and oxygen atoms in total. The van der Waals surface area contributed by atoms with Crippen LogP contribution in [0.1, 0.15) is 63.3 Å². The van der Waals surface area contributed by atoms with Crippen LogP contribution < -0.4 is 5.56 Å². The highest BCUT2D eigenvalue weighted by atomic mass is 32.2. The molecule has 1 fully saturated rings. The third kappa shape index (κ3) is 3.41. The second-order valence-corrected chi connectivity index (χ2v) is 10.7. The molecule has 0 radical (unpaired) electrons. The lowest BCUT2D eigenvalue weighted by Crippen LogP contribution is -2.50. The number of nitrogens with zero attached hydrogens (tertiary/aromatic N) is 3. The molecule has 1 aliphatic heterocycles. The maximum absolute atomic E-state index is 13.1. The fourth-order valence-corrected chi connectivity index (χ4v) is 6.88. The number of hydrogen-bond acceptors (Lipinski definition) is 5. The van der Waals surface area contributed by atoms with E-state index < -0.39 is 0 Å². The van der Waals surface area contributed by atoms with Gasteiger partial charge in [0, 0.05) is 24.0 Å². The van der Waals surface area contributed by atoms with Crippen LogP contribution in [0.4, 0.5) is 0 Å². The molecule has 2 aromatic heterocycles. The zero-order chi connectivity index (χ0) is 20.0. The molecule has 1 aliphatic carbocycles. The zero-order valence-corrected chi connectivity index (χ0v) is 18.8. The van der Waals surface area contributed by atoms with Crippen molar-refractivity contribution in [1.82, 2.24) is 14.5 Å². The maximum atomic E-state index is 13.1. The maximum Gasteiger partial charge on any atom is 0.262 e. The first-order valence-electron chi connectivity index (χ1n) is 10.4. The van der Waals surface area contributed by atoms with Crippen LogP contribution in [0, 0.1) is 0 Å². The van der Waals surface area contributed by atoms with Gasteiger partial charge in [-0.1, -0.05) is 11.8 Å². The fourth-order valence-electron chi connectivity index (χ4n) is 4.65. The quantitative estimate of drug-likeness (QED) is 0.554. The van der Waals surface area contributed by atoms with Crippen molar-refractivity contribution in [2.75, 3.05) is 0 Å². The molecule has 0 aromatic carbocycles. The van der Waals surface area contributed by atoms with Gasteiger partial charge >= 0.3 is 0 Å². The van der Waals surface area contributed by atoms with Crippen LogP contribution in [-0.2, 0) is 24.7 Å². The highest BCUT2D eigenvalue weighted by molar-refractivity contribution is 8.00. The van der Waals surface area contributed by atoms with E-state index in [2.05, 4.69) is 13.8 Å². The van der Waals surface area contributed by atoms with Gasteiger partial charge in [0.15, 0.2) is 5.16 Å². The summed E-state index contributed by atoms with van der Waals surface area (Å²) in [5.41, 5.74) is 1.25. The Labute approximate surface area is 174 Å². The second kappa shape index (κ2) is 7.82. The number of carbonyl (C=O) groups excluding carboxylic acids is 1. The van der Waals surface area contributed by atoms with E-state index in [0.717, 1.165) is 42.3 Å². The third-order valence-corrected chi connectivity index (χ3v) is 8.55. The first-order chi connectivity index (χ1) is 13.4. The molecule has 0 N–H and O–H groups in total. The second-order valence-electron chi connectivity index (χ2n) is 8.28. The smallest absolute Gasteiger partial charge is 0.262 e. The Hall–Kier alpha value is -1.34. The summed E-state index contributed by atoms with van der Waals surface area (Å²) in [5, 5.41) is 1.20. The first-order valence-corrected chi connectivity index (χ1v) is 12.1. The Morgan fingerprint density at radius 1 is 1.18 bits per heavy atom. The summed E-state index contributed by atoms with van der Waals surface area (Å²) in [4.78, 5) is 35.2. The number of aryl methyl sites for hydroxylation is 2. The number of amides is 1. The summed E-state index contributed by atoms with van der Waals surface area (Å²) < 4.78 is 1.64. The Balaban J connectivity index is 1.63. The number of piperidine rings is 1. The summed E-state index contributed by atoms with van der Waals surface area (Å²) in [6, 6.07) is 0.560. The molecule has 2 aliphatic rings. The number of aromatic nitrogens is 2. The molecule has 28 heavy (non-hydrogen) atoms. The molecule has 152 valence electrons. The Morgan fingerprint density at radius 3 is 2.57 bits per heavy atom. The molecule has 4 rings (SSSR count). The van der Waals surface area contributed by atoms with E-state index in [1.807, 2.05) is 11.8 Å². The summed E-state index contributed by atoms with van der Waals surface area (Å²) in [5.74, 6) is 0.157. The number of carbonyl (C=O) groups is 1. The van der Waals surface area contributed by atoms with E-state index in [0.29, 0.717) is 5.16 Å². The minimum absolute atomic E-state index is 0.0336. The van der Waals surface area contributed by atoms with E-state index in [1.165, 1.54) is 35.0 Å². The lowest BCUT2D eigenvalue weighted by Gasteiger charge is -2.40. The van der Waals surface area contributed by atoms with Gasteiger partial charge in [-0.3, -0.25) is 14.2 Å². The normalized spacial score (nSPS) is 23.6. The number of thiophene rings is 1. The van der Waals surface area contributed by atoms with Gasteiger partial charge < -0.3 is 4.90 Å². The van der Waals surface area contributed by atoms with Gasteiger partial charge in [-0.25, -0.2) is 4.98 Å². The largest absolute Gasteiger partial charge is 0.336 e. The molecule has 0 saturated carbocycles. The molecule has 2 aromatic rings. The standard InChI is InChI=1S/C21H29N3O2S2/c1-12-8-7-9-13(2)24(12)19(25)14(3)27-21-22-18-17(20(26)23(21)4)15-10-5-6-11-16(15)28-18/h12-14H,5-11H2,1-4H3/t12-,13-,14-/m1/s1. The van der Waals surface area contributed by atoms with Crippen LogP contribution in [0.5, 0.6) is 0 Å². The van der Waals surface area contributed by atoms with Crippen LogP contribution in [-0.4, -0.2) is 37.7 Å². The van der Waals surface area contributed by atoms with Crippen molar-refractivity contribution >= 4 is 39.2 Å². The first kappa shape index (κ1) is 20.0. The Morgan fingerprint density at radius 2 is 1.86 bits per heavy atom. The molecule has 3 heterocycles. The van der Waals surface area contributed by atoms with E-state index >= 15 is 0 Å². The molecule has 0 bridgehead atoms. The lowest BCUT2D eigenvalue weighted by molar-refractivity contribution is -0.136. The molecule has 0 spiro atoms. The third-order valence-electron chi connectivity index (χ3n) is 6.23. The number of thioether (sulfide) groups is 1. The molecule has 7 heteroatoms. The molecule has 1 saturated heterocycles. The van der Waals surface area contributed by atoms with E-state index in [1.54, 1.807) is 23.0 Å². The van der Waals surface area contributed by atoms with Crippen molar-refractivity contribution in [2.24, 2.45) is 7.05 Å². The zero-order valence-electron chi connectivity index (χ0n) is 17.2. The van der Waals surface area contributed by atoms with Gasteiger partial charge in [-0.2, -0.15) is 0 Å². The SMILES string of the molecule is C[C@@H]1CCC[C@@H](C)N1C(=O)[C@@H](C)Sc1nc2sc3c(c2c(=O)n1C)CCCC3. The van der Waals surface area contributed by atoms with Crippen molar-refractivity contribution in [3.05, 3.63) is 20.8 Å². The Bertz CT molecular complexity index is 955. The van der Waals surface area contributed by atoms with Crippen molar-refractivity contribution < 1.29 is 4.79 Å². The monoisotopic (exact) mass is 419 g/mol. The van der Waals surface area contributed by atoms with Gasteiger partial charge in [0.2, 0.25) is 5.91 Å². The van der Waals surface area contributed by atoms with Gasteiger partial charge in [0.05, 0.1) is 10.6 Å². The van der Waals surface area contributed by atoms with E-state index in [9.17, 15) is 9.59 Å². The van der Waals surface area contributed by atoms with Crippen molar-refractivity contribution in [2.45, 2.75) is 88.2 Å². The summed E-state index contributed by atoms with van der Waals surface area (Å²) in [7, 11) is 1.79. The van der Waals surface area contributed by atoms with Crippen LogP contribution >= 0.6 is 23.1 Å². The topological polar surface area (TPSA) is 55.2 Å². The van der Waals surface area contributed by atoms with Gasteiger partial charge in [-0.15, -0.1) is 11.3 Å². The summed E-state index contributed by atoms with van der Waals surface area (Å²) in [6.45, 7) is 6.22. The highest BCUT2D eigenvalue weighted by Crippen LogP contribution is 2.35. The number of fused-ring (bicyclic) bond motifs is 3. The number of rotatable bonds is 3. The summed E-state index contributed by atoms with van der Waals surface area (Å²) >= 11 is 3.09. The molecule has 1 amide bonds. The minimum atomic E-state index is -0.256. The van der Waals surface area contributed by atoms with Crippen LogP contribution in [0.3, 0.4) is 0 Å². The lowest BCUT2D eigenvalue weighted by atomic mass is 9.97. The molecule has 3 atom stereocenters.